The Kier molecular flexibility index (Phi) is 5.86. The van der Waals surface area contributed by atoms with Crippen LogP contribution in [-0.2, 0) is 29.8 Å². The lowest BCUT2D eigenvalue weighted by Gasteiger charge is -2.53. The normalized spacial score (nSPS) is 37.6. The van der Waals surface area contributed by atoms with E-state index in [0.29, 0.717) is 52.1 Å². The van der Waals surface area contributed by atoms with E-state index in [2.05, 4.69) is 0 Å². The van der Waals surface area contributed by atoms with Crippen LogP contribution in [0.15, 0.2) is 60.7 Å². The second kappa shape index (κ2) is 8.52. The number of rotatable bonds is 4. The van der Waals surface area contributed by atoms with Crippen LogP contribution < -0.4 is 0 Å². The van der Waals surface area contributed by atoms with Gasteiger partial charge in [0.25, 0.3) is 0 Å². The van der Waals surface area contributed by atoms with Crippen LogP contribution in [0.4, 0.5) is 0 Å². The molecule has 6 nitrogen and oxygen atoms in total. The number of hydrogen-bond donors (Lipinski definition) is 2. The molecule has 1 saturated carbocycles. The van der Waals surface area contributed by atoms with Crippen molar-refractivity contribution < 1.29 is 29.2 Å². The van der Waals surface area contributed by atoms with Crippen molar-refractivity contribution in [2.75, 3.05) is 39.6 Å². The van der Waals surface area contributed by atoms with E-state index in [1.807, 2.05) is 60.7 Å². The highest BCUT2D eigenvalue weighted by Gasteiger charge is 2.53. The second-order valence-electron chi connectivity index (χ2n) is 9.59. The van der Waals surface area contributed by atoms with Gasteiger partial charge in [-0.05, 0) is 11.1 Å². The topological polar surface area (TPSA) is 77.4 Å². The van der Waals surface area contributed by atoms with Crippen LogP contribution >= 0.6 is 0 Å². The summed E-state index contributed by atoms with van der Waals surface area (Å²) in [4.78, 5) is 0. The molecule has 2 aliphatic heterocycles. The third-order valence-corrected chi connectivity index (χ3v) is 7.60. The van der Waals surface area contributed by atoms with Crippen molar-refractivity contribution in [2.45, 2.75) is 48.1 Å². The Morgan fingerprint density at radius 1 is 0.531 bits per heavy atom. The van der Waals surface area contributed by atoms with Crippen LogP contribution in [0.25, 0.3) is 0 Å². The highest BCUT2D eigenvalue weighted by atomic mass is 16.7. The van der Waals surface area contributed by atoms with Crippen molar-refractivity contribution in [3.63, 3.8) is 0 Å². The number of hydrogen-bond acceptors (Lipinski definition) is 6. The Hall–Kier alpha value is -1.80. The van der Waals surface area contributed by atoms with E-state index in [-0.39, 0.29) is 13.2 Å². The van der Waals surface area contributed by atoms with Crippen molar-refractivity contribution in [2.24, 2.45) is 0 Å². The second-order valence-corrected chi connectivity index (χ2v) is 9.59. The first kappa shape index (κ1) is 22.0. The van der Waals surface area contributed by atoms with Gasteiger partial charge in [0.2, 0.25) is 0 Å². The lowest BCUT2D eigenvalue weighted by Crippen LogP contribution is -2.60. The number of aliphatic hydroxyl groups excluding tert-OH is 2. The van der Waals surface area contributed by atoms with Gasteiger partial charge in [0.05, 0.1) is 50.5 Å². The molecule has 3 aliphatic rings. The molecule has 1 aliphatic carbocycles. The SMILES string of the molecule is OCC1(c2ccccc2)COC2(CCC3(CC2)OCC(CO)(c2ccccc2)CO3)OC1. The Balaban J connectivity index is 1.22. The molecule has 0 radical (unpaired) electrons. The van der Waals surface area contributed by atoms with Crippen molar-refractivity contribution in [1.29, 1.82) is 0 Å². The summed E-state index contributed by atoms with van der Waals surface area (Å²) in [6.07, 6.45) is 2.67. The standard InChI is InChI=1S/C26H32O6/c27-15-23(21-7-3-1-4-8-21)17-29-25(30-18-23)11-13-26(14-12-25)31-19-24(16-28,20-32-26)22-9-5-2-6-10-22/h1-10,27-28H,11-20H2. The van der Waals surface area contributed by atoms with E-state index < -0.39 is 22.4 Å². The molecule has 2 heterocycles. The first-order chi connectivity index (χ1) is 15.6. The molecule has 5 rings (SSSR count). The van der Waals surface area contributed by atoms with E-state index in [9.17, 15) is 10.2 Å². The summed E-state index contributed by atoms with van der Waals surface area (Å²) in [7, 11) is 0. The monoisotopic (exact) mass is 440 g/mol. The molecule has 32 heavy (non-hydrogen) atoms. The highest BCUT2D eigenvalue weighted by Crippen LogP contribution is 2.47. The fourth-order valence-electron chi connectivity index (χ4n) is 5.12. The van der Waals surface area contributed by atoms with E-state index in [0.717, 1.165) is 11.1 Å². The quantitative estimate of drug-likeness (QED) is 0.761. The summed E-state index contributed by atoms with van der Waals surface area (Å²) in [6.45, 7) is 1.64. The van der Waals surface area contributed by atoms with Gasteiger partial charge in [-0.15, -0.1) is 0 Å². The van der Waals surface area contributed by atoms with Crippen LogP contribution in [0, 0.1) is 0 Å². The summed E-state index contributed by atoms with van der Waals surface area (Å²) in [5, 5.41) is 20.3. The fourth-order valence-corrected chi connectivity index (χ4v) is 5.12. The van der Waals surface area contributed by atoms with Crippen molar-refractivity contribution in [1.82, 2.24) is 0 Å². The smallest absolute Gasteiger partial charge is 0.168 e. The zero-order valence-corrected chi connectivity index (χ0v) is 18.4. The molecule has 3 fully saturated rings. The predicted octanol–water partition coefficient (Wildman–Crippen LogP) is 2.91. The van der Waals surface area contributed by atoms with Crippen LogP contribution in [-0.4, -0.2) is 61.4 Å². The summed E-state index contributed by atoms with van der Waals surface area (Å²) in [5.74, 6) is -1.31. The van der Waals surface area contributed by atoms with E-state index >= 15 is 0 Å². The van der Waals surface area contributed by atoms with Gasteiger partial charge in [0.15, 0.2) is 11.6 Å². The van der Waals surface area contributed by atoms with Gasteiger partial charge in [0, 0.05) is 25.7 Å². The fraction of sp³-hybridized carbons (Fsp3) is 0.538. The molecule has 0 atom stereocenters. The van der Waals surface area contributed by atoms with Crippen molar-refractivity contribution >= 4 is 0 Å². The Labute approximate surface area is 189 Å². The zero-order chi connectivity index (χ0) is 22.1. The zero-order valence-electron chi connectivity index (χ0n) is 18.4. The first-order valence-corrected chi connectivity index (χ1v) is 11.5. The van der Waals surface area contributed by atoms with Crippen LogP contribution in [0.3, 0.4) is 0 Å². The van der Waals surface area contributed by atoms with Gasteiger partial charge in [0.1, 0.15) is 0 Å². The molecule has 2 N–H and O–H groups in total. The predicted molar refractivity (Wildman–Crippen MR) is 118 cm³/mol. The summed E-state index contributed by atoms with van der Waals surface area (Å²) >= 11 is 0. The number of ether oxygens (including phenoxy) is 4. The maximum absolute atomic E-state index is 10.1. The summed E-state index contributed by atoms with van der Waals surface area (Å²) < 4.78 is 25.2. The van der Waals surface area contributed by atoms with E-state index in [1.165, 1.54) is 0 Å². The molecule has 2 aromatic carbocycles. The van der Waals surface area contributed by atoms with Crippen molar-refractivity contribution in [3.8, 4) is 0 Å². The van der Waals surface area contributed by atoms with Gasteiger partial charge in [-0.2, -0.15) is 0 Å². The van der Waals surface area contributed by atoms with E-state index in [4.69, 9.17) is 18.9 Å². The number of benzene rings is 2. The Morgan fingerprint density at radius 3 is 1.12 bits per heavy atom. The van der Waals surface area contributed by atoms with Crippen LogP contribution in [0.5, 0.6) is 0 Å². The molecular weight excluding hydrogens is 408 g/mol. The van der Waals surface area contributed by atoms with Gasteiger partial charge in [-0.3, -0.25) is 0 Å². The molecule has 172 valence electrons. The van der Waals surface area contributed by atoms with Gasteiger partial charge in [-0.1, -0.05) is 60.7 Å². The Bertz CT molecular complexity index is 796. The van der Waals surface area contributed by atoms with Gasteiger partial charge < -0.3 is 29.2 Å². The van der Waals surface area contributed by atoms with Gasteiger partial charge >= 0.3 is 0 Å². The lowest BCUT2D eigenvalue weighted by molar-refractivity contribution is -0.358. The van der Waals surface area contributed by atoms with E-state index in [1.54, 1.807) is 0 Å². The molecular formula is C26H32O6. The molecule has 0 amide bonds. The summed E-state index contributed by atoms with van der Waals surface area (Å²) in [6, 6.07) is 19.9. The van der Waals surface area contributed by atoms with Crippen LogP contribution in [0.2, 0.25) is 0 Å². The maximum Gasteiger partial charge on any atom is 0.168 e. The summed E-state index contributed by atoms with van der Waals surface area (Å²) in [5.41, 5.74) is 1.00. The molecule has 0 aromatic heterocycles. The van der Waals surface area contributed by atoms with Crippen LogP contribution in [0.1, 0.15) is 36.8 Å². The molecule has 2 aromatic rings. The Morgan fingerprint density at radius 2 is 0.844 bits per heavy atom. The maximum atomic E-state index is 10.1. The average Bonchev–Trinajstić information content (AvgIpc) is 2.89. The van der Waals surface area contributed by atoms with Crippen molar-refractivity contribution in [3.05, 3.63) is 71.8 Å². The molecule has 2 spiro atoms. The molecule has 6 heteroatoms. The van der Waals surface area contributed by atoms with Gasteiger partial charge in [-0.25, -0.2) is 0 Å². The molecule has 2 saturated heterocycles. The lowest BCUT2D eigenvalue weighted by atomic mass is 9.79. The molecule has 0 bridgehead atoms. The first-order valence-electron chi connectivity index (χ1n) is 11.5. The minimum Gasteiger partial charge on any atom is -0.395 e. The number of aliphatic hydroxyl groups is 2. The largest absolute Gasteiger partial charge is 0.395 e. The third kappa shape index (κ3) is 3.79. The average molecular weight is 441 g/mol. The minimum atomic E-state index is -0.656. The minimum absolute atomic E-state index is 0.0218. The highest BCUT2D eigenvalue weighted by molar-refractivity contribution is 5.28. The molecule has 0 unspecified atom stereocenters. The third-order valence-electron chi connectivity index (χ3n) is 7.60.